The van der Waals surface area contributed by atoms with Crippen LogP contribution in [-0.2, 0) is 85.5 Å². The van der Waals surface area contributed by atoms with E-state index in [9.17, 15) is 19.2 Å². The van der Waals surface area contributed by atoms with Crippen LogP contribution in [0.5, 0.6) is 23.0 Å². The summed E-state index contributed by atoms with van der Waals surface area (Å²) in [6, 6.07) is 17.2. The molecule has 80 heavy (non-hydrogen) atoms. The zero-order valence-electron chi connectivity index (χ0n) is 50.5. The van der Waals surface area contributed by atoms with Crippen molar-refractivity contribution in [2.24, 2.45) is 0 Å². The van der Waals surface area contributed by atoms with Crippen molar-refractivity contribution in [3.8, 4) is 23.0 Å². The van der Waals surface area contributed by atoms with Crippen LogP contribution in [0.25, 0.3) is 0 Å². The maximum Gasteiger partial charge on any atom is 0.344 e. The number of fused-ring (bicyclic) bond motifs is 8. The molecule has 4 aromatic rings. The van der Waals surface area contributed by atoms with Crippen LogP contribution in [0.15, 0.2) is 48.5 Å². The number of hydrogen-bond acceptors (Lipinski definition) is 16. The summed E-state index contributed by atoms with van der Waals surface area (Å²) in [5.41, 5.74) is 8.95. The molecule has 440 valence electrons. The Labute approximate surface area is 494 Å². The standard InChI is InChI=1S/C64H88O12S4/c1-61(2,3)49-29-41-25-43-31-50(62(4,5)6)33-45(58(43)74-38-54(66)70-18-22-78-14)27-47-35-52(64(10,11)12)36-48(60(47)76-40-56(68)72-20-24-80-16)28-46-34-51(63(7,8)9)32-44(59(46)75-39-55(67)71-19-23-79-15)26-42(30-49)57(41)73-37-53(65)69-17-21-77-13/h29-36H,17-28,37-40H2,1-16H3. The van der Waals surface area contributed by atoms with Gasteiger partial charge in [-0.05, 0) is 113 Å². The van der Waals surface area contributed by atoms with Crippen molar-refractivity contribution in [1.29, 1.82) is 0 Å². The summed E-state index contributed by atoms with van der Waals surface area (Å²) in [4.78, 5) is 54.3. The van der Waals surface area contributed by atoms with Crippen LogP contribution in [0.4, 0.5) is 0 Å². The molecule has 1 aliphatic rings. The fourth-order valence-electron chi connectivity index (χ4n) is 9.01. The molecule has 0 heterocycles. The molecule has 12 nitrogen and oxygen atoms in total. The van der Waals surface area contributed by atoms with Gasteiger partial charge in [0.15, 0.2) is 26.4 Å². The third-order valence-electron chi connectivity index (χ3n) is 13.5. The molecule has 0 aliphatic heterocycles. The van der Waals surface area contributed by atoms with Gasteiger partial charge in [-0.25, -0.2) is 19.2 Å². The third-order valence-corrected chi connectivity index (χ3v) is 15.8. The van der Waals surface area contributed by atoms with E-state index in [-0.39, 0.29) is 100 Å². The minimum Gasteiger partial charge on any atom is -0.481 e. The van der Waals surface area contributed by atoms with Gasteiger partial charge in [0.1, 0.15) is 49.4 Å². The predicted molar refractivity (Wildman–Crippen MR) is 331 cm³/mol. The lowest BCUT2D eigenvalue weighted by Gasteiger charge is -2.29. The van der Waals surface area contributed by atoms with Crippen LogP contribution in [0.2, 0.25) is 0 Å². The van der Waals surface area contributed by atoms with Crippen molar-refractivity contribution in [2.45, 2.75) is 130 Å². The number of rotatable bonds is 24. The van der Waals surface area contributed by atoms with Crippen LogP contribution in [0.3, 0.4) is 0 Å². The molecule has 0 radical (unpaired) electrons. The van der Waals surface area contributed by atoms with Crippen LogP contribution in [-0.4, -0.2) is 125 Å². The molecular weight excluding hydrogens is 1090 g/mol. The third kappa shape index (κ3) is 19.8. The lowest BCUT2D eigenvalue weighted by atomic mass is 9.79. The SMILES string of the molecule is CSCCOC(=O)COc1c2cc(C(C)(C)C)cc1Cc1cc(C(C)(C)C)cc(c1OCC(=O)OCCSC)Cc1cc(C(C)(C)C)cc(c1OCC(=O)OCCSC)Cc1cc(C(C)(C)C)cc(c1OCC(=O)OCCSC)C2. The minimum absolute atomic E-state index is 0.242. The van der Waals surface area contributed by atoms with Gasteiger partial charge in [-0.3, -0.25) is 0 Å². The Kier molecular flexibility index (Phi) is 24.9. The molecule has 5 rings (SSSR count). The first kappa shape index (κ1) is 66.2. The van der Waals surface area contributed by atoms with Crippen molar-refractivity contribution in [2.75, 3.05) is 101 Å². The van der Waals surface area contributed by atoms with Crippen molar-refractivity contribution >= 4 is 70.9 Å². The normalized spacial score (nSPS) is 12.8. The first-order chi connectivity index (χ1) is 37.7. The molecular formula is C64H88O12S4. The highest BCUT2D eigenvalue weighted by Gasteiger charge is 2.31. The molecule has 1 aliphatic carbocycles. The number of esters is 4. The molecule has 0 amide bonds. The van der Waals surface area contributed by atoms with E-state index in [1.807, 2.05) is 25.0 Å². The van der Waals surface area contributed by atoms with Crippen LogP contribution in [0, 0.1) is 0 Å². The Morgan fingerprint density at radius 3 is 0.625 bits per heavy atom. The number of ether oxygens (including phenoxy) is 8. The van der Waals surface area contributed by atoms with Gasteiger partial charge in [-0.15, -0.1) is 0 Å². The maximum atomic E-state index is 13.6. The summed E-state index contributed by atoms with van der Waals surface area (Å²) in [6.45, 7) is 25.6. The first-order valence-corrected chi connectivity index (χ1v) is 33.0. The van der Waals surface area contributed by atoms with Gasteiger partial charge >= 0.3 is 23.9 Å². The van der Waals surface area contributed by atoms with E-state index in [0.29, 0.717) is 46.0 Å². The largest absolute Gasteiger partial charge is 0.481 e. The van der Waals surface area contributed by atoms with Gasteiger partial charge in [0.05, 0.1) is 0 Å². The number of carbonyl (C=O) groups excluding carboxylic acids is 4. The highest BCUT2D eigenvalue weighted by molar-refractivity contribution is 7.99. The predicted octanol–water partition coefficient (Wildman–Crippen LogP) is 12.7. The molecule has 0 spiro atoms. The van der Waals surface area contributed by atoms with Gasteiger partial charge < -0.3 is 37.9 Å². The minimum atomic E-state index is -0.498. The van der Waals surface area contributed by atoms with Gasteiger partial charge in [0.2, 0.25) is 0 Å². The fraction of sp³-hybridized carbons (Fsp3) is 0.562. The van der Waals surface area contributed by atoms with E-state index in [0.717, 1.165) is 66.8 Å². The molecule has 0 saturated carbocycles. The zero-order valence-corrected chi connectivity index (χ0v) is 53.7. The average molecular weight is 1180 g/mol. The molecule has 0 unspecified atom stereocenters. The van der Waals surface area contributed by atoms with Crippen LogP contribution < -0.4 is 18.9 Å². The molecule has 0 atom stereocenters. The van der Waals surface area contributed by atoms with Gasteiger partial charge in [-0.1, -0.05) is 132 Å². The quantitative estimate of drug-likeness (QED) is 0.0328. The monoisotopic (exact) mass is 1180 g/mol. The van der Waals surface area contributed by atoms with Crippen LogP contribution in [0.1, 0.15) is 150 Å². The van der Waals surface area contributed by atoms with Crippen molar-refractivity contribution in [3.63, 3.8) is 0 Å². The highest BCUT2D eigenvalue weighted by atomic mass is 32.2. The Hall–Kier alpha value is -4.64. The number of thioether (sulfide) groups is 4. The lowest BCUT2D eigenvalue weighted by Crippen LogP contribution is -2.21. The second kappa shape index (κ2) is 30.1. The zero-order chi connectivity index (χ0) is 59.0. The number of benzene rings is 4. The maximum absolute atomic E-state index is 13.6. The first-order valence-electron chi connectivity index (χ1n) is 27.4. The summed E-state index contributed by atoms with van der Waals surface area (Å²) in [6.07, 6.45) is 8.89. The number of carbonyl (C=O) groups is 4. The molecule has 0 N–H and O–H groups in total. The Balaban J connectivity index is 1.99. The van der Waals surface area contributed by atoms with E-state index >= 15 is 0 Å². The Morgan fingerprint density at radius 1 is 0.325 bits per heavy atom. The molecule has 8 bridgehead atoms. The van der Waals surface area contributed by atoms with Crippen molar-refractivity contribution in [3.05, 3.63) is 115 Å². The molecule has 0 saturated heterocycles. The summed E-state index contributed by atoms with van der Waals surface area (Å²) in [5, 5.41) is 0. The van der Waals surface area contributed by atoms with E-state index < -0.39 is 23.9 Å². The van der Waals surface area contributed by atoms with E-state index in [2.05, 4.69) is 132 Å². The number of hydrogen-bond donors (Lipinski definition) is 0. The summed E-state index contributed by atoms with van der Waals surface area (Å²) in [7, 11) is 0. The summed E-state index contributed by atoms with van der Waals surface area (Å²) in [5.74, 6) is 2.58. The molecule has 16 heteroatoms. The topological polar surface area (TPSA) is 142 Å². The highest BCUT2D eigenvalue weighted by Crippen LogP contribution is 2.44. The fourth-order valence-corrected chi connectivity index (χ4v) is 10.0. The second-order valence-corrected chi connectivity index (χ2v) is 28.2. The lowest BCUT2D eigenvalue weighted by molar-refractivity contribution is -0.146. The Morgan fingerprint density at radius 2 is 0.487 bits per heavy atom. The van der Waals surface area contributed by atoms with Gasteiger partial charge in [0.25, 0.3) is 0 Å². The average Bonchev–Trinajstić information content (AvgIpc) is 3.36. The summed E-state index contributed by atoms with van der Waals surface area (Å²) >= 11 is 6.34. The van der Waals surface area contributed by atoms with Crippen LogP contribution >= 0.6 is 47.0 Å². The molecule has 0 aromatic heterocycles. The molecule has 4 aromatic carbocycles. The van der Waals surface area contributed by atoms with E-state index in [4.69, 9.17) is 37.9 Å². The van der Waals surface area contributed by atoms with E-state index in [1.165, 1.54) is 0 Å². The van der Waals surface area contributed by atoms with Crippen molar-refractivity contribution in [1.82, 2.24) is 0 Å². The van der Waals surface area contributed by atoms with E-state index in [1.54, 1.807) is 47.0 Å². The summed E-state index contributed by atoms with van der Waals surface area (Å²) < 4.78 is 49.8. The van der Waals surface area contributed by atoms with Gasteiger partial charge in [0, 0.05) is 48.7 Å². The Bertz CT molecular complexity index is 2290. The smallest absolute Gasteiger partial charge is 0.344 e. The second-order valence-electron chi connectivity index (χ2n) is 24.2. The van der Waals surface area contributed by atoms with Gasteiger partial charge in [-0.2, -0.15) is 47.0 Å². The van der Waals surface area contributed by atoms with Crippen molar-refractivity contribution < 1.29 is 57.1 Å². The molecule has 0 fully saturated rings.